The Hall–Kier alpha value is -1.18. The van der Waals surface area contributed by atoms with Crippen LogP contribution in [0.4, 0.5) is 0 Å². The van der Waals surface area contributed by atoms with Crippen LogP contribution >= 0.6 is 0 Å². The fourth-order valence-electron chi connectivity index (χ4n) is 0.313. The fourth-order valence-corrected chi connectivity index (χ4v) is 0.313. The first-order chi connectivity index (χ1) is 4.00. The molecule has 1 radical (unpaired) electrons. The van der Waals surface area contributed by atoms with Crippen LogP contribution in [0.3, 0.4) is 0 Å². The second-order valence-electron chi connectivity index (χ2n) is 1.02. The van der Waals surface area contributed by atoms with Gasteiger partial charge in [-0.05, 0) is 12.1 Å². The van der Waals surface area contributed by atoms with Crippen LogP contribution in [-0.2, 0) is 4.79 Å². The van der Waals surface area contributed by atoms with E-state index in [1.807, 2.05) is 18.2 Å². The molecule has 0 unspecified atom stereocenters. The molecule has 1 rings (SSSR count). The smallest absolute Gasteiger partial charge is 0.182 e. The van der Waals surface area contributed by atoms with Crippen LogP contribution in [0, 0.1) is 0 Å². The summed E-state index contributed by atoms with van der Waals surface area (Å²) in [4.78, 5) is 11.5. The fraction of sp³-hybridized carbons (Fsp3) is 0. The predicted octanol–water partition coefficient (Wildman–Crippen LogP) is 0.807. The van der Waals surface area contributed by atoms with Crippen molar-refractivity contribution < 1.29 is 4.79 Å². The highest BCUT2D eigenvalue weighted by molar-refractivity contribution is 5.12. The molecular formula is C6H6NO. The van der Waals surface area contributed by atoms with E-state index in [2.05, 4.69) is 11.8 Å². The third-order valence-electron chi connectivity index (χ3n) is 0.566. The van der Waals surface area contributed by atoms with Crippen molar-refractivity contribution in [3.63, 3.8) is 0 Å². The standard InChI is InChI=1S/C5H5N.CHO/c1-2-4-6-5-3-1;1-2/h1-5H;1H. The highest BCUT2D eigenvalue weighted by atomic mass is 16.1. The van der Waals surface area contributed by atoms with E-state index in [1.165, 1.54) is 0 Å². The highest BCUT2D eigenvalue weighted by Crippen LogP contribution is 1.73. The summed E-state index contributed by atoms with van der Waals surface area (Å²) in [5, 5.41) is 0. The molecule has 2 nitrogen and oxygen atoms in total. The van der Waals surface area contributed by atoms with Crippen molar-refractivity contribution in [2.75, 3.05) is 0 Å². The van der Waals surface area contributed by atoms with Gasteiger partial charge in [0.15, 0.2) is 6.79 Å². The van der Waals surface area contributed by atoms with Crippen molar-refractivity contribution in [1.82, 2.24) is 4.98 Å². The number of aromatic nitrogens is 1. The molecule has 41 valence electrons. The number of hydrogen-bond donors (Lipinski definition) is 0. The molecule has 0 spiro atoms. The Labute approximate surface area is 48.2 Å². The molecule has 0 aliphatic heterocycles. The van der Waals surface area contributed by atoms with E-state index < -0.39 is 0 Å². The molecule has 0 N–H and O–H groups in total. The zero-order valence-corrected chi connectivity index (χ0v) is 4.32. The summed E-state index contributed by atoms with van der Waals surface area (Å²) in [7, 11) is 0. The highest BCUT2D eigenvalue weighted by Gasteiger charge is 1.58. The molecule has 0 amide bonds. The summed E-state index contributed by atoms with van der Waals surface area (Å²) in [5.74, 6) is 0. The first-order valence-electron chi connectivity index (χ1n) is 2.09. The van der Waals surface area contributed by atoms with Crippen molar-refractivity contribution >= 4 is 6.79 Å². The van der Waals surface area contributed by atoms with E-state index in [1.54, 1.807) is 12.4 Å². The maximum absolute atomic E-state index is 7.75. The molecule has 0 saturated heterocycles. The van der Waals surface area contributed by atoms with Crippen molar-refractivity contribution in [1.29, 1.82) is 0 Å². The number of rotatable bonds is 0. The maximum Gasteiger partial charge on any atom is 0.182 e. The lowest BCUT2D eigenvalue weighted by atomic mass is 10.5. The van der Waals surface area contributed by atoms with Crippen molar-refractivity contribution in [3.05, 3.63) is 30.6 Å². The van der Waals surface area contributed by atoms with Crippen molar-refractivity contribution in [3.8, 4) is 0 Å². The van der Waals surface area contributed by atoms with E-state index in [-0.39, 0.29) is 0 Å². The molecule has 0 saturated carbocycles. The van der Waals surface area contributed by atoms with Gasteiger partial charge in [0.05, 0.1) is 0 Å². The van der Waals surface area contributed by atoms with Gasteiger partial charge in [-0.3, -0.25) is 9.78 Å². The van der Waals surface area contributed by atoms with Crippen LogP contribution in [0.1, 0.15) is 0 Å². The lowest BCUT2D eigenvalue weighted by Gasteiger charge is -1.70. The third kappa shape index (κ3) is 3.03. The summed E-state index contributed by atoms with van der Waals surface area (Å²) in [6.45, 7) is 3.25. The van der Waals surface area contributed by atoms with Gasteiger partial charge < -0.3 is 0 Å². The minimum Gasteiger partial charge on any atom is -0.295 e. The molecule has 1 heterocycles. The molecule has 1 aromatic heterocycles. The lowest BCUT2D eigenvalue weighted by molar-refractivity contribution is 0.574. The molecule has 0 aliphatic carbocycles. The van der Waals surface area contributed by atoms with Crippen molar-refractivity contribution in [2.45, 2.75) is 0 Å². The van der Waals surface area contributed by atoms with Gasteiger partial charge in [0.2, 0.25) is 0 Å². The van der Waals surface area contributed by atoms with Gasteiger partial charge in [-0.2, -0.15) is 0 Å². The summed E-state index contributed by atoms with van der Waals surface area (Å²) in [6.07, 6.45) is 3.50. The predicted molar refractivity (Wildman–Crippen MR) is 31.0 cm³/mol. The average molecular weight is 108 g/mol. The summed E-state index contributed by atoms with van der Waals surface area (Å²) < 4.78 is 0. The SMILES string of the molecule is [CH]=O.c1ccncc1. The Bertz CT molecular complexity index is 91.4. The third-order valence-corrected chi connectivity index (χ3v) is 0.566. The van der Waals surface area contributed by atoms with Crippen LogP contribution in [0.2, 0.25) is 0 Å². The average Bonchev–Trinajstić information content (AvgIpc) is 1.96. The second kappa shape index (κ2) is 5.82. The van der Waals surface area contributed by atoms with Crippen LogP contribution in [0.15, 0.2) is 30.6 Å². The van der Waals surface area contributed by atoms with E-state index in [4.69, 9.17) is 4.79 Å². The Balaban J connectivity index is 0.000000222. The van der Waals surface area contributed by atoms with Gasteiger partial charge in [-0.15, -0.1) is 0 Å². The number of hydrogen-bond acceptors (Lipinski definition) is 2. The van der Waals surface area contributed by atoms with E-state index in [9.17, 15) is 0 Å². The Morgan fingerprint density at radius 3 is 1.62 bits per heavy atom. The lowest BCUT2D eigenvalue weighted by Crippen LogP contribution is -1.58. The Kier molecular flexibility index (Phi) is 4.96. The van der Waals surface area contributed by atoms with Gasteiger partial charge in [-0.25, -0.2) is 0 Å². The molecule has 8 heavy (non-hydrogen) atoms. The quantitative estimate of drug-likeness (QED) is 0.460. The van der Waals surface area contributed by atoms with Crippen molar-refractivity contribution in [2.24, 2.45) is 0 Å². The normalized spacial score (nSPS) is 6.50. The van der Waals surface area contributed by atoms with Gasteiger partial charge in [0.25, 0.3) is 0 Å². The van der Waals surface area contributed by atoms with E-state index >= 15 is 0 Å². The second-order valence-corrected chi connectivity index (χ2v) is 1.02. The molecule has 0 fully saturated rings. The molecule has 0 aliphatic rings. The van der Waals surface area contributed by atoms with Crippen LogP contribution in [-0.4, -0.2) is 11.8 Å². The maximum atomic E-state index is 7.75. The molecular weight excluding hydrogens is 102 g/mol. The molecule has 0 bridgehead atoms. The van der Waals surface area contributed by atoms with Crippen LogP contribution in [0.25, 0.3) is 0 Å². The summed E-state index contributed by atoms with van der Waals surface area (Å²) >= 11 is 0. The number of carbonyl (C=O) groups excluding carboxylic acids is 1. The summed E-state index contributed by atoms with van der Waals surface area (Å²) in [5.41, 5.74) is 0. The van der Waals surface area contributed by atoms with Gasteiger partial charge in [0, 0.05) is 12.4 Å². The van der Waals surface area contributed by atoms with Gasteiger partial charge in [0.1, 0.15) is 0 Å². The molecule has 0 aromatic carbocycles. The Morgan fingerprint density at radius 1 is 1.00 bits per heavy atom. The molecule has 1 aromatic rings. The zero-order valence-electron chi connectivity index (χ0n) is 4.32. The zero-order chi connectivity index (χ0) is 6.24. The van der Waals surface area contributed by atoms with Crippen LogP contribution in [0.5, 0.6) is 0 Å². The molecule has 2 heteroatoms. The molecule has 0 atom stereocenters. The number of pyridine rings is 1. The van der Waals surface area contributed by atoms with Crippen LogP contribution < -0.4 is 0 Å². The topological polar surface area (TPSA) is 30.0 Å². The monoisotopic (exact) mass is 108 g/mol. The largest absolute Gasteiger partial charge is 0.295 e. The minimum atomic E-state index is 1.75. The minimum absolute atomic E-state index is 1.75. The van der Waals surface area contributed by atoms with Gasteiger partial charge >= 0.3 is 0 Å². The van der Waals surface area contributed by atoms with Gasteiger partial charge in [-0.1, -0.05) is 6.07 Å². The van der Waals surface area contributed by atoms with E-state index in [0.717, 1.165) is 0 Å². The summed E-state index contributed by atoms with van der Waals surface area (Å²) in [6, 6.07) is 5.72. The van der Waals surface area contributed by atoms with E-state index in [0.29, 0.717) is 0 Å². The first kappa shape index (κ1) is 6.82. The Morgan fingerprint density at radius 2 is 1.50 bits per heavy atom. The first-order valence-corrected chi connectivity index (χ1v) is 2.09. The number of nitrogens with zero attached hydrogens (tertiary/aromatic N) is 1.